The van der Waals surface area contributed by atoms with Crippen molar-refractivity contribution in [3.05, 3.63) is 23.8 Å². The summed E-state index contributed by atoms with van der Waals surface area (Å²) in [6.45, 7) is 6.10. The molecule has 116 valence electrons. The summed E-state index contributed by atoms with van der Waals surface area (Å²) in [5.41, 5.74) is 1.26. The molecule has 21 heavy (non-hydrogen) atoms. The highest BCUT2D eigenvalue weighted by molar-refractivity contribution is 5.45. The normalized spacial score (nSPS) is 28.0. The van der Waals surface area contributed by atoms with Gasteiger partial charge in [-0.05, 0) is 50.3 Å². The van der Waals surface area contributed by atoms with Gasteiger partial charge in [-0.15, -0.1) is 0 Å². The van der Waals surface area contributed by atoms with Crippen LogP contribution in [0.4, 0.5) is 0 Å². The number of fused-ring (bicyclic) bond motifs is 1. The maximum absolute atomic E-state index is 6.28. The molecule has 1 N–H and O–H groups in total. The van der Waals surface area contributed by atoms with Crippen LogP contribution in [0.15, 0.2) is 18.2 Å². The molecular weight excluding hydrogens is 262 g/mol. The van der Waals surface area contributed by atoms with E-state index in [2.05, 4.69) is 37.4 Å². The molecule has 0 spiro atoms. The highest BCUT2D eigenvalue weighted by Gasteiger charge is 2.27. The van der Waals surface area contributed by atoms with Gasteiger partial charge >= 0.3 is 0 Å². The van der Waals surface area contributed by atoms with Gasteiger partial charge in [0.2, 0.25) is 0 Å². The maximum atomic E-state index is 6.28. The fourth-order valence-electron chi connectivity index (χ4n) is 3.65. The molecule has 0 radical (unpaired) electrons. The fraction of sp³-hybridized carbons (Fsp3) is 0.667. The highest BCUT2D eigenvalue weighted by Crippen LogP contribution is 2.37. The topological polar surface area (TPSA) is 30.5 Å². The van der Waals surface area contributed by atoms with E-state index in [0.29, 0.717) is 18.1 Å². The molecule has 1 aromatic carbocycles. The zero-order chi connectivity index (χ0) is 14.7. The quantitative estimate of drug-likeness (QED) is 0.886. The molecule has 1 saturated carbocycles. The van der Waals surface area contributed by atoms with Crippen LogP contribution in [0.3, 0.4) is 0 Å². The Morgan fingerprint density at radius 1 is 1.24 bits per heavy atom. The predicted octanol–water partition coefficient (Wildman–Crippen LogP) is 4.08. The Balaban J connectivity index is 1.70. The van der Waals surface area contributed by atoms with E-state index < -0.39 is 0 Å². The number of hydrogen-bond acceptors (Lipinski definition) is 3. The Bertz CT molecular complexity index is 474. The maximum Gasteiger partial charge on any atom is 0.128 e. The minimum absolute atomic E-state index is 0.331. The van der Waals surface area contributed by atoms with Crippen LogP contribution in [0.2, 0.25) is 0 Å². The van der Waals surface area contributed by atoms with Gasteiger partial charge in [-0.25, -0.2) is 0 Å². The molecule has 1 aliphatic heterocycles. The van der Waals surface area contributed by atoms with Crippen molar-refractivity contribution in [1.82, 2.24) is 5.32 Å². The van der Waals surface area contributed by atoms with Gasteiger partial charge in [0.1, 0.15) is 24.2 Å². The molecule has 1 aliphatic carbocycles. The number of hydrogen-bond donors (Lipinski definition) is 1. The zero-order valence-electron chi connectivity index (χ0n) is 13.2. The smallest absolute Gasteiger partial charge is 0.128 e. The average molecular weight is 289 g/mol. The van der Waals surface area contributed by atoms with Gasteiger partial charge in [0.25, 0.3) is 0 Å². The lowest BCUT2D eigenvalue weighted by Gasteiger charge is -2.31. The van der Waals surface area contributed by atoms with E-state index in [4.69, 9.17) is 9.47 Å². The lowest BCUT2D eigenvalue weighted by molar-refractivity contribution is 0.0901. The summed E-state index contributed by atoms with van der Waals surface area (Å²) >= 11 is 0. The van der Waals surface area contributed by atoms with Crippen LogP contribution in [0, 0.1) is 5.92 Å². The summed E-state index contributed by atoms with van der Waals surface area (Å²) in [4.78, 5) is 0. The Kier molecular flexibility index (Phi) is 4.69. The van der Waals surface area contributed by atoms with E-state index in [-0.39, 0.29) is 0 Å². The molecule has 3 rings (SSSR count). The predicted molar refractivity (Wildman–Crippen MR) is 85.0 cm³/mol. The van der Waals surface area contributed by atoms with Gasteiger partial charge in [0.15, 0.2) is 0 Å². The number of nitrogens with one attached hydrogen (secondary N) is 1. The second-order valence-corrected chi connectivity index (χ2v) is 6.23. The monoisotopic (exact) mass is 289 g/mol. The van der Waals surface area contributed by atoms with Crippen LogP contribution in [-0.2, 0) is 0 Å². The van der Waals surface area contributed by atoms with Crippen LogP contribution in [0.25, 0.3) is 0 Å². The van der Waals surface area contributed by atoms with Gasteiger partial charge in [-0.1, -0.05) is 20.3 Å². The largest absolute Gasteiger partial charge is 0.491 e. The molecule has 1 aromatic rings. The first-order valence-corrected chi connectivity index (χ1v) is 8.48. The van der Waals surface area contributed by atoms with Crippen LogP contribution in [0.1, 0.15) is 57.6 Å². The minimum atomic E-state index is 0.331. The summed E-state index contributed by atoms with van der Waals surface area (Å²) in [6, 6.07) is 6.68. The summed E-state index contributed by atoms with van der Waals surface area (Å²) in [5.74, 6) is 2.67. The lowest BCUT2D eigenvalue weighted by Crippen LogP contribution is -2.29. The molecular formula is C18H27NO2. The van der Waals surface area contributed by atoms with E-state index in [9.17, 15) is 0 Å². The SMILES string of the molecule is CCNC1COc2cc(OC3CCCCC3CC)ccc21. The van der Waals surface area contributed by atoms with Crippen molar-refractivity contribution in [2.45, 2.75) is 58.1 Å². The first-order valence-electron chi connectivity index (χ1n) is 8.48. The van der Waals surface area contributed by atoms with Gasteiger partial charge in [0.05, 0.1) is 6.04 Å². The van der Waals surface area contributed by atoms with Gasteiger partial charge in [-0.3, -0.25) is 0 Å². The Labute approximate surface area is 128 Å². The standard InChI is InChI=1S/C18H27NO2/c1-3-13-7-5-6-8-17(13)21-14-9-10-15-16(19-4-2)12-20-18(15)11-14/h9-11,13,16-17,19H,3-8,12H2,1-2H3. The lowest BCUT2D eigenvalue weighted by atomic mass is 9.85. The van der Waals surface area contributed by atoms with E-state index >= 15 is 0 Å². The molecule has 3 atom stereocenters. The van der Waals surface area contributed by atoms with E-state index in [1.54, 1.807) is 0 Å². The summed E-state index contributed by atoms with van der Waals surface area (Å²) < 4.78 is 12.1. The van der Waals surface area contributed by atoms with Crippen LogP contribution >= 0.6 is 0 Å². The van der Waals surface area contributed by atoms with Gasteiger partial charge in [-0.2, -0.15) is 0 Å². The van der Waals surface area contributed by atoms with Crippen molar-refractivity contribution < 1.29 is 9.47 Å². The molecule has 1 fully saturated rings. The third kappa shape index (κ3) is 3.18. The zero-order valence-corrected chi connectivity index (χ0v) is 13.2. The minimum Gasteiger partial charge on any atom is -0.491 e. The number of benzene rings is 1. The fourth-order valence-corrected chi connectivity index (χ4v) is 3.65. The third-order valence-electron chi connectivity index (χ3n) is 4.87. The molecule has 0 bridgehead atoms. The average Bonchev–Trinajstić information content (AvgIpc) is 2.91. The first kappa shape index (κ1) is 14.7. The Morgan fingerprint density at radius 2 is 2.10 bits per heavy atom. The second-order valence-electron chi connectivity index (χ2n) is 6.23. The molecule has 0 saturated heterocycles. The molecule has 1 heterocycles. The molecule has 2 aliphatic rings. The van der Waals surface area contributed by atoms with E-state index in [0.717, 1.165) is 24.7 Å². The van der Waals surface area contributed by atoms with Crippen molar-refractivity contribution in [2.75, 3.05) is 13.2 Å². The molecule has 3 heteroatoms. The van der Waals surface area contributed by atoms with Crippen molar-refractivity contribution in [1.29, 1.82) is 0 Å². The summed E-state index contributed by atoms with van der Waals surface area (Å²) in [7, 11) is 0. The van der Waals surface area contributed by atoms with Crippen molar-refractivity contribution >= 4 is 0 Å². The van der Waals surface area contributed by atoms with Gasteiger partial charge in [0, 0.05) is 11.6 Å². The van der Waals surface area contributed by atoms with Crippen molar-refractivity contribution in [3.8, 4) is 11.5 Å². The van der Waals surface area contributed by atoms with Gasteiger partial charge < -0.3 is 14.8 Å². The number of ether oxygens (including phenoxy) is 2. The van der Waals surface area contributed by atoms with Crippen LogP contribution in [-0.4, -0.2) is 19.3 Å². The Morgan fingerprint density at radius 3 is 2.90 bits per heavy atom. The first-order chi connectivity index (χ1) is 10.3. The summed E-state index contributed by atoms with van der Waals surface area (Å²) in [5, 5.41) is 3.45. The van der Waals surface area contributed by atoms with Crippen LogP contribution in [0.5, 0.6) is 11.5 Å². The highest BCUT2D eigenvalue weighted by atomic mass is 16.5. The van der Waals surface area contributed by atoms with E-state index in [1.165, 1.54) is 37.7 Å². The van der Waals surface area contributed by atoms with Crippen molar-refractivity contribution in [3.63, 3.8) is 0 Å². The number of likely N-dealkylation sites (N-methyl/N-ethyl adjacent to an activating group) is 1. The molecule has 0 amide bonds. The van der Waals surface area contributed by atoms with Crippen molar-refractivity contribution in [2.24, 2.45) is 5.92 Å². The second kappa shape index (κ2) is 6.69. The molecule has 0 aromatic heterocycles. The molecule has 3 unspecified atom stereocenters. The summed E-state index contributed by atoms with van der Waals surface area (Å²) in [6.07, 6.45) is 6.75. The molecule has 3 nitrogen and oxygen atoms in total. The number of rotatable bonds is 5. The van der Waals surface area contributed by atoms with Crippen LogP contribution < -0.4 is 14.8 Å². The third-order valence-corrected chi connectivity index (χ3v) is 4.87. The Hall–Kier alpha value is -1.22. The van der Waals surface area contributed by atoms with E-state index in [1.807, 2.05) is 0 Å².